The number of hydrogen-bond acceptors (Lipinski definition) is 6. The van der Waals surface area contributed by atoms with Crippen molar-refractivity contribution in [3.05, 3.63) is 59.2 Å². The van der Waals surface area contributed by atoms with Crippen LogP contribution >= 0.6 is 0 Å². The molecule has 1 saturated heterocycles. The SMILES string of the molecule is CC(=O)Nc1ccc(C2=C(C(=O)N(CC3=CCCC=C3)C(C)C)CN=C(N3CCOCC3)N2)cc1. The van der Waals surface area contributed by atoms with E-state index in [9.17, 15) is 9.59 Å². The van der Waals surface area contributed by atoms with Gasteiger partial charge in [-0.25, -0.2) is 4.99 Å². The van der Waals surface area contributed by atoms with Gasteiger partial charge in [0.1, 0.15) is 0 Å². The second kappa shape index (κ2) is 11.4. The first-order chi connectivity index (χ1) is 16.9. The molecule has 2 heterocycles. The van der Waals surface area contributed by atoms with Gasteiger partial charge in [0.25, 0.3) is 5.91 Å². The molecule has 35 heavy (non-hydrogen) atoms. The zero-order chi connectivity index (χ0) is 24.8. The molecule has 1 aromatic carbocycles. The summed E-state index contributed by atoms with van der Waals surface area (Å²) in [5, 5.41) is 6.26. The van der Waals surface area contributed by atoms with E-state index in [1.807, 2.05) is 43.0 Å². The highest BCUT2D eigenvalue weighted by Crippen LogP contribution is 2.25. The Morgan fingerprint density at radius 3 is 2.54 bits per heavy atom. The summed E-state index contributed by atoms with van der Waals surface area (Å²) in [6.07, 6.45) is 8.56. The Balaban J connectivity index is 1.65. The van der Waals surface area contributed by atoms with Crippen LogP contribution in [0.4, 0.5) is 5.69 Å². The summed E-state index contributed by atoms with van der Waals surface area (Å²) in [4.78, 5) is 34.2. The molecule has 2 amide bonds. The van der Waals surface area contributed by atoms with E-state index in [4.69, 9.17) is 9.73 Å². The first-order valence-electron chi connectivity index (χ1n) is 12.3. The number of morpholine rings is 1. The van der Waals surface area contributed by atoms with Crippen molar-refractivity contribution in [3.8, 4) is 0 Å². The molecule has 0 radical (unpaired) electrons. The lowest BCUT2D eigenvalue weighted by atomic mass is 10.0. The third kappa shape index (κ3) is 6.19. The maximum absolute atomic E-state index is 13.9. The minimum absolute atomic E-state index is 0.0157. The number of ether oxygens (including phenoxy) is 1. The Kier molecular flexibility index (Phi) is 8.02. The van der Waals surface area contributed by atoms with E-state index < -0.39 is 0 Å². The second-order valence-electron chi connectivity index (χ2n) is 9.26. The summed E-state index contributed by atoms with van der Waals surface area (Å²) in [5.41, 5.74) is 4.17. The van der Waals surface area contributed by atoms with Crippen LogP contribution in [0, 0.1) is 0 Å². The van der Waals surface area contributed by atoms with Crippen LogP contribution in [0.3, 0.4) is 0 Å². The predicted molar refractivity (Wildman–Crippen MR) is 139 cm³/mol. The summed E-state index contributed by atoms with van der Waals surface area (Å²) in [7, 11) is 0. The number of aliphatic imine (C=N–C) groups is 1. The van der Waals surface area contributed by atoms with Crippen molar-refractivity contribution in [2.24, 2.45) is 4.99 Å². The van der Waals surface area contributed by atoms with Crippen molar-refractivity contribution in [2.75, 3.05) is 44.7 Å². The number of guanidine groups is 1. The van der Waals surface area contributed by atoms with Crippen LogP contribution in [-0.2, 0) is 14.3 Å². The highest BCUT2D eigenvalue weighted by molar-refractivity contribution is 6.06. The number of carbonyl (C=O) groups excluding carboxylic acids is 2. The molecule has 0 unspecified atom stereocenters. The molecule has 8 nitrogen and oxygen atoms in total. The van der Waals surface area contributed by atoms with Gasteiger partial charge in [0.15, 0.2) is 5.96 Å². The summed E-state index contributed by atoms with van der Waals surface area (Å²) in [6.45, 7) is 9.27. The van der Waals surface area contributed by atoms with Crippen molar-refractivity contribution >= 4 is 29.2 Å². The number of nitrogens with zero attached hydrogens (tertiary/aromatic N) is 3. The molecule has 0 saturated carbocycles. The van der Waals surface area contributed by atoms with E-state index in [0.717, 1.165) is 43.2 Å². The van der Waals surface area contributed by atoms with E-state index in [1.54, 1.807) is 0 Å². The van der Waals surface area contributed by atoms with Gasteiger partial charge in [0, 0.05) is 38.3 Å². The van der Waals surface area contributed by atoms with Gasteiger partial charge in [-0.1, -0.05) is 30.4 Å². The first kappa shape index (κ1) is 24.7. The topological polar surface area (TPSA) is 86.3 Å². The standard InChI is InChI=1S/C27H35N5O3/c1-19(2)32(18-21-7-5-4-6-8-21)26(34)24-17-28-27(31-13-15-35-16-14-31)30-25(24)22-9-11-23(12-10-22)29-20(3)33/h5,7-12,19H,4,6,13-18H2,1-3H3,(H,28,30)(H,29,33). The molecule has 186 valence electrons. The molecule has 2 aliphatic heterocycles. The van der Waals surface area contributed by atoms with Crippen molar-refractivity contribution < 1.29 is 14.3 Å². The highest BCUT2D eigenvalue weighted by atomic mass is 16.5. The van der Waals surface area contributed by atoms with Crippen LogP contribution in [0.2, 0.25) is 0 Å². The summed E-state index contributed by atoms with van der Waals surface area (Å²) in [6, 6.07) is 7.60. The van der Waals surface area contributed by atoms with Crippen LogP contribution in [0.1, 0.15) is 39.2 Å². The molecule has 0 aromatic heterocycles. The van der Waals surface area contributed by atoms with Gasteiger partial charge in [-0.3, -0.25) is 9.59 Å². The Hall–Kier alpha value is -3.39. The lowest BCUT2D eigenvalue weighted by Crippen LogP contribution is -2.49. The average molecular weight is 478 g/mol. The highest BCUT2D eigenvalue weighted by Gasteiger charge is 2.29. The largest absolute Gasteiger partial charge is 0.378 e. The molecule has 0 atom stereocenters. The van der Waals surface area contributed by atoms with Crippen LogP contribution < -0.4 is 10.6 Å². The van der Waals surface area contributed by atoms with Gasteiger partial charge >= 0.3 is 0 Å². The van der Waals surface area contributed by atoms with Crippen LogP contribution in [0.15, 0.2) is 58.6 Å². The van der Waals surface area contributed by atoms with Crippen molar-refractivity contribution in [1.29, 1.82) is 0 Å². The van der Waals surface area contributed by atoms with Crippen LogP contribution in [0.5, 0.6) is 0 Å². The van der Waals surface area contributed by atoms with Gasteiger partial charge in [0.05, 0.1) is 31.0 Å². The molecule has 8 heteroatoms. The number of benzene rings is 1. The average Bonchev–Trinajstić information content (AvgIpc) is 2.87. The number of allylic oxidation sites excluding steroid dienone is 2. The third-order valence-electron chi connectivity index (χ3n) is 6.30. The fraction of sp³-hybridized carbons (Fsp3) is 0.444. The Bertz CT molecular complexity index is 1060. The number of amides is 2. The lowest BCUT2D eigenvalue weighted by molar-refractivity contribution is -0.128. The summed E-state index contributed by atoms with van der Waals surface area (Å²) >= 11 is 0. The molecular formula is C27H35N5O3. The minimum atomic E-state index is -0.121. The van der Waals surface area contributed by atoms with Gasteiger partial charge in [-0.15, -0.1) is 0 Å². The fourth-order valence-electron chi connectivity index (χ4n) is 4.40. The van der Waals surface area contributed by atoms with Crippen molar-refractivity contribution in [2.45, 2.75) is 39.7 Å². The fourth-order valence-corrected chi connectivity index (χ4v) is 4.40. The lowest BCUT2D eigenvalue weighted by Gasteiger charge is -2.35. The van der Waals surface area contributed by atoms with Crippen molar-refractivity contribution in [1.82, 2.24) is 15.1 Å². The molecule has 1 aromatic rings. The smallest absolute Gasteiger partial charge is 0.254 e. The number of rotatable bonds is 6. The Labute approximate surface area is 207 Å². The molecule has 1 fully saturated rings. The van der Waals surface area contributed by atoms with E-state index in [0.29, 0.717) is 37.6 Å². The molecule has 0 spiro atoms. The maximum Gasteiger partial charge on any atom is 0.254 e. The molecule has 0 bridgehead atoms. The zero-order valence-corrected chi connectivity index (χ0v) is 20.8. The van der Waals surface area contributed by atoms with E-state index in [-0.39, 0.29) is 17.9 Å². The monoisotopic (exact) mass is 477 g/mol. The van der Waals surface area contributed by atoms with Crippen molar-refractivity contribution in [3.63, 3.8) is 0 Å². The molecule has 3 aliphatic rings. The Morgan fingerprint density at radius 2 is 1.91 bits per heavy atom. The minimum Gasteiger partial charge on any atom is -0.378 e. The number of anilines is 1. The molecule has 1 aliphatic carbocycles. The van der Waals surface area contributed by atoms with E-state index in [1.165, 1.54) is 12.5 Å². The normalized spacial score (nSPS) is 18.1. The van der Waals surface area contributed by atoms with E-state index in [2.05, 4.69) is 33.8 Å². The third-order valence-corrected chi connectivity index (χ3v) is 6.30. The molecule has 4 rings (SSSR count). The maximum atomic E-state index is 13.9. The van der Waals surface area contributed by atoms with Gasteiger partial charge in [-0.05, 0) is 50.0 Å². The van der Waals surface area contributed by atoms with Crippen LogP contribution in [0.25, 0.3) is 5.70 Å². The van der Waals surface area contributed by atoms with Crippen LogP contribution in [-0.4, -0.2) is 73.0 Å². The van der Waals surface area contributed by atoms with Gasteiger partial charge in [-0.2, -0.15) is 0 Å². The Morgan fingerprint density at radius 1 is 1.17 bits per heavy atom. The molecule has 2 N–H and O–H groups in total. The molecular weight excluding hydrogens is 442 g/mol. The quantitative estimate of drug-likeness (QED) is 0.657. The first-order valence-corrected chi connectivity index (χ1v) is 12.3. The van der Waals surface area contributed by atoms with Gasteiger partial charge in [0.2, 0.25) is 5.91 Å². The summed E-state index contributed by atoms with van der Waals surface area (Å²) in [5.74, 6) is 0.627. The number of hydrogen-bond donors (Lipinski definition) is 2. The zero-order valence-electron chi connectivity index (χ0n) is 20.8. The number of carbonyl (C=O) groups is 2. The second-order valence-corrected chi connectivity index (χ2v) is 9.26. The predicted octanol–water partition coefficient (Wildman–Crippen LogP) is 3.16. The van der Waals surface area contributed by atoms with E-state index >= 15 is 0 Å². The van der Waals surface area contributed by atoms with Gasteiger partial charge < -0.3 is 25.2 Å². The summed E-state index contributed by atoms with van der Waals surface area (Å²) < 4.78 is 5.49. The number of nitrogens with one attached hydrogen (secondary N) is 2.